The first-order chi connectivity index (χ1) is 8.13. The lowest BCUT2D eigenvalue weighted by Gasteiger charge is -2.08. The van der Waals surface area contributed by atoms with Crippen molar-refractivity contribution in [1.82, 2.24) is 5.32 Å². The largest absolute Gasteiger partial charge is 0.488 e. The average molecular weight is 300 g/mol. The van der Waals surface area contributed by atoms with Gasteiger partial charge in [0.25, 0.3) is 0 Å². The summed E-state index contributed by atoms with van der Waals surface area (Å²) in [7, 11) is 0. The van der Waals surface area contributed by atoms with Crippen molar-refractivity contribution in [3.8, 4) is 5.75 Å². The molecule has 1 aliphatic rings. The van der Waals surface area contributed by atoms with Gasteiger partial charge in [-0.3, -0.25) is 0 Å². The van der Waals surface area contributed by atoms with Crippen LogP contribution in [-0.4, -0.2) is 12.6 Å². The molecule has 0 spiro atoms. The van der Waals surface area contributed by atoms with E-state index in [1.807, 2.05) is 6.07 Å². The lowest BCUT2D eigenvalue weighted by Crippen LogP contribution is -2.15. The minimum absolute atomic E-state index is 0.268. The fourth-order valence-electron chi connectivity index (χ4n) is 1.52. The second-order valence-corrected chi connectivity index (χ2v) is 5.38. The molecule has 4 heteroatoms. The van der Waals surface area contributed by atoms with Crippen LogP contribution >= 0.6 is 15.9 Å². The molecule has 0 amide bonds. The molecule has 0 unspecified atom stereocenters. The maximum absolute atomic E-state index is 13.4. The topological polar surface area (TPSA) is 21.3 Å². The van der Waals surface area contributed by atoms with E-state index in [2.05, 4.69) is 27.8 Å². The van der Waals surface area contributed by atoms with E-state index in [1.54, 1.807) is 0 Å². The van der Waals surface area contributed by atoms with Crippen molar-refractivity contribution >= 4 is 15.9 Å². The van der Waals surface area contributed by atoms with Crippen molar-refractivity contribution in [3.05, 3.63) is 40.6 Å². The first kappa shape index (κ1) is 12.6. The quantitative estimate of drug-likeness (QED) is 0.870. The Morgan fingerprint density at radius 1 is 1.47 bits per heavy atom. The van der Waals surface area contributed by atoms with Crippen LogP contribution in [0, 0.1) is 5.82 Å². The third-order valence-electron chi connectivity index (χ3n) is 2.50. The molecule has 2 rings (SSSR count). The third-order valence-corrected chi connectivity index (χ3v) is 2.73. The van der Waals surface area contributed by atoms with E-state index in [4.69, 9.17) is 4.74 Å². The molecular weight excluding hydrogens is 285 g/mol. The Bertz CT molecular complexity index is 418. The van der Waals surface area contributed by atoms with Crippen LogP contribution in [0.4, 0.5) is 4.39 Å². The Morgan fingerprint density at radius 2 is 2.24 bits per heavy atom. The highest BCUT2D eigenvalue weighted by Crippen LogP contribution is 2.21. The van der Waals surface area contributed by atoms with Gasteiger partial charge in [-0.05, 0) is 30.5 Å². The number of ether oxygens (including phenoxy) is 1. The number of hydrogen-bond acceptors (Lipinski definition) is 2. The summed E-state index contributed by atoms with van der Waals surface area (Å²) in [5.74, 6) is 0.272. The fourth-order valence-corrected chi connectivity index (χ4v) is 1.63. The molecule has 0 heterocycles. The van der Waals surface area contributed by atoms with Crippen molar-refractivity contribution in [3.63, 3.8) is 0 Å². The zero-order valence-corrected chi connectivity index (χ0v) is 11.1. The van der Waals surface area contributed by atoms with Gasteiger partial charge in [-0.15, -0.1) is 0 Å². The normalized spacial score (nSPS) is 14.7. The maximum Gasteiger partial charge on any atom is 0.127 e. The van der Waals surface area contributed by atoms with Gasteiger partial charge in [0.1, 0.15) is 18.2 Å². The molecule has 1 aromatic carbocycles. The lowest BCUT2D eigenvalue weighted by atomic mass is 10.2. The fraction of sp³-hybridized carbons (Fsp3) is 0.385. The SMILES string of the molecule is C=C(Br)COc1cc(F)cc(CNC2CC2)c1. The van der Waals surface area contributed by atoms with Crippen LogP contribution in [0.15, 0.2) is 29.3 Å². The molecule has 1 saturated carbocycles. The summed E-state index contributed by atoms with van der Waals surface area (Å²) in [6, 6.07) is 5.39. The van der Waals surface area contributed by atoms with Crippen LogP contribution in [-0.2, 0) is 6.54 Å². The highest BCUT2D eigenvalue weighted by atomic mass is 79.9. The summed E-state index contributed by atoms with van der Waals surface area (Å²) in [4.78, 5) is 0. The van der Waals surface area contributed by atoms with Crippen LogP contribution in [0.3, 0.4) is 0 Å². The predicted octanol–water partition coefficient (Wildman–Crippen LogP) is 3.37. The summed E-state index contributed by atoms with van der Waals surface area (Å²) < 4.78 is 19.5. The first-order valence-corrected chi connectivity index (χ1v) is 6.42. The van der Waals surface area contributed by atoms with E-state index < -0.39 is 0 Å². The molecule has 0 radical (unpaired) electrons. The van der Waals surface area contributed by atoms with Crippen LogP contribution in [0.25, 0.3) is 0 Å². The van der Waals surface area contributed by atoms with Gasteiger partial charge in [0.15, 0.2) is 0 Å². The Balaban J connectivity index is 1.97. The van der Waals surface area contributed by atoms with Gasteiger partial charge >= 0.3 is 0 Å². The minimum Gasteiger partial charge on any atom is -0.488 e. The van der Waals surface area contributed by atoms with E-state index in [9.17, 15) is 4.39 Å². The van der Waals surface area contributed by atoms with E-state index in [-0.39, 0.29) is 5.82 Å². The Labute approximate surface area is 109 Å². The van der Waals surface area contributed by atoms with Crippen LogP contribution in [0.5, 0.6) is 5.75 Å². The molecule has 17 heavy (non-hydrogen) atoms. The number of benzene rings is 1. The van der Waals surface area contributed by atoms with Gasteiger partial charge in [0, 0.05) is 23.1 Å². The van der Waals surface area contributed by atoms with Gasteiger partial charge < -0.3 is 10.1 Å². The zero-order valence-electron chi connectivity index (χ0n) is 9.51. The number of rotatable bonds is 6. The summed E-state index contributed by atoms with van der Waals surface area (Å²) in [6.07, 6.45) is 2.45. The number of halogens is 2. The molecule has 0 aromatic heterocycles. The van der Waals surface area contributed by atoms with Crippen LogP contribution < -0.4 is 10.1 Å². The smallest absolute Gasteiger partial charge is 0.127 e. The Kier molecular flexibility index (Phi) is 4.18. The van der Waals surface area contributed by atoms with Gasteiger partial charge in [-0.25, -0.2) is 4.39 Å². The van der Waals surface area contributed by atoms with Gasteiger partial charge in [-0.1, -0.05) is 22.5 Å². The maximum atomic E-state index is 13.4. The summed E-state index contributed by atoms with van der Waals surface area (Å²) in [5.41, 5.74) is 0.909. The van der Waals surface area contributed by atoms with E-state index in [1.165, 1.54) is 25.0 Å². The van der Waals surface area contributed by atoms with E-state index >= 15 is 0 Å². The highest BCUT2D eigenvalue weighted by Gasteiger charge is 2.20. The summed E-state index contributed by atoms with van der Waals surface area (Å²) in [6.45, 7) is 4.70. The summed E-state index contributed by atoms with van der Waals surface area (Å²) >= 11 is 3.20. The monoisotopic (exact) mass is 299 g/mol. The number of hydrogen-bond donors (Lipinski definition) is 1. The Morgan fingerprint density at radius 3 is 2.88 bits per heavy atom. The zero-order chi connectivity index (χ0) is 12.3. The van der Waals surface area contributed by atoms with Crippen LogP contribution in [0.1, 0.15) is 18.4 Å². The number of nitrogens with one attached hydrogen (secondary N) is 1. The predicted molar refractivity (Wildman–Crippen MR) is 69.8 cm³/mol. The highest BCUT2D eigenvalue weighted by molar-refractivity contribution is 9.11. The second-order valence-electron chi connectivity index (χ2n) is 4.26. The molecule has 1 aliphatic carbocycles. The first-order valence-electron chi connectivity index (χ1n) is 5.62. The average Bonchev–Trinajstić information content (AvgIpc) is 3.07. The molecule has 2 nitrogen and oxygen atoms in total. The molecule has 92 valence electrons. The molecule has 1 fully saturated rings. The Hall–Kier alpha value is -0.870. The van der Waals surface area contributed by atoms with E-state index in [0.717, 1.165) is 10.0 Å². The molecule has 0 atom stereocenters. The lowest BCUT2D eigenvalue weighted by molar-refractivity contribution is 0.358. The van der Waals surface area contributed by atoms with Gasteiger partial charge in [0.05, 0.1) is 0 Å². The molecule has 0 saturated heterocycles. The standard InChI is InChI=1S/C13H15BrFNO/c1-9(14)8-17-13-5-10(4-11(15)6-13)7-16-12-2-3-12/h4-6,12,16H,1-3,7-8H2. The van der Waals surface area contributed by atoms with Gasteiger partial charge in [0.2, 0.25) is 0 Å². The van der Waals surface area contributed by atoms with Crippen molar-refractivity contribution in [2.75, 3.05) is 6.61 Å². The molecule has 1 aromatic rings. The van der Waals surface area contributed by atoms with Crippen LogP contribution in [0.2, 0.25) is 0 Å². The third kappa shape index (κ3) is 4.48. The molecule has 1 N–H and O–H groups in total. The molecule has 0 aliphatic heterocycles. The summed E-state index contributed by atoms with van der Waals surface area (Å²) in [5, 5.41) is 3.34. The van der Waals surface area contributed by atoms with Crippen molar-refractivity contribution in [1.29, 1.82) is 0 Å². The minimum atomic E-state index is -0.268. The van der Waals surface area contributed by atoms with Crippen molar-refractivity contribution in [2.45, 2.75) is 25.4 Å². The molecule has 0 bridgehead atoms. The second kappa shape index (κ2) is 5.65. The van der Waals surface area contributed by atoms with Crippen molar-refractivity contribution in [2.24, 2.45) is 0 Å². The van der Waals surface area contributed by atoms with Crippen molar-refractivity contribution < 1.29 is 9.13 Å². The van der Waals surface area contributed by atoms with E-state index in [0.29, 0.717) is 24.9 Å². The van der Waals surface area contributed by atoms with Gasteiger partial charge in [-0.2, -0.15) is 0 Å². The molecular formula is C13H15BrFNO.